The Balaban J connectivity index is 1.76. The molecule has 3 rings (SSSR count). The summed E-state index contributed by atoms with van der Waals surface area (Å²) in [5.41, 5.74) is 0.301. The zero-order chi connectivity index (χ0) is 13.5. The number of carbonyl (C=O) groups is 1. The fraction of sp³-hybridized carbons (Fsp3) is 0.500. The summed E-state index contributed by atoms with van der Waals surface area (Å²) < 4.78 is 0. The van der Waals surface area contributed by atoms with Gasteiger partial charge >= 0.3 is 0 Å². The molecule has 3 nitrogen and oxygen atoms in total. The van der Waals surface area contributed by atoms with Gasteiger partial charge in [0.2, 0.25) is 5.91 Å². The second kappa shape index (κ2) is 4.97. The predicted octanol–water partition coefficient (Wildman–Crippen LogP) is 2.36. The molecule has 0 aromatic heterocycles. The molecular formula is C14H16Cl2N2O. The second-order valence-corrected chi connectivity index (χ2v) is 6.23. The van der Waals surface area contributed by atoms with Crippen molar-refractivity contribution < 1.29 is 4.79 Å². The molecule has 0 radical (unpaired) electrons. The number of hydrogen-bond donors (Lipinski definition) is 2. The van der Waals surface area contributed by atoms with E-state index in [0.29, 0.717) is 16.0 Å². The van der Waals surface area contributed by atoms with Crippen LogP contribution in [0.25, 0.3) is 0 Å². The van der Waals surface area contributed by atoms with Crippen LogP contribution in [0.2, 0.25) is 10.0 Å². The maximum absolute atomic E-state index is 12.4. The number of halogens is 2. The van der Waals surface area contributed by atoms with Crippen LogP contribution in [-0.2, 0) is 10.2 Å². The standard InChI is InChI=1S/C14H16Cl2N2O/c15-10-2-1-3-11(16)12(10)14(4-5-14)13(19)18-8-9-6-17-7-9/h1-3,9,17H,4-8H2,(H,18,19). The van der Waals surface area contributed by atoms with Gasteiger partial charge in [0.15, 0.2) is 0 Å². The molecule has 2 N–H and O–H groups in total. The van der Waals surface area contributed by atoms with Crippen molar-refractivity contribution in [3.05, 3.63) is 33.8 Å². The van der Waals surface area contributed by atoms with Gasteiger partial charge in [-0.1, -0.05) is 29.3 Å². The lowest BCUT2D eigenvalue weighted by atomic mass is 9.94. The van der Waals surface area contributed by atoms with Gasteiger partial charge in [-0.25, -0.2) is 0 Å². The molecule has 1 amide bonds. The van der Waals surface area contributed by atoms with E-state index in [1.807, 2.05) is 6.07 Å². The fourth-order valence-corrected chi connectivity index (χ4v) is 3.33. The summed E-state index contributed by atoms with van der Waals surface area (Å²) in [7, 11) is 0. The fourth-order valence-electron chi connectivity index (χ4n) is 2.57. The van der Waals surface area contributed by atoms with Crippen molar-refractivity contribution in [3.8, 4) is 0 Å². The van der Waals surface area contributed by atoms with Gasteiger partial charge in [0.05, 0.1) is 5.41 Å². The molecule has 102 valence electrons. The summed E-state index contributed by atoms with van der Waals surface area (Å²) in [6.07, 6.45) is 1.65. The molecule has 1 heterocycles. The van der Waals surface area contributed by atoms with Crippen LogP contribution in [0, 0.1) is 5.92 Å². The molecule has 1 aromatic carbocycles. The van der Waals surface area contributed by atoms with E-state index in [1.165, 1.54) is 0 Å². The zero-order valence-corrected chi connectivity index (χ0v) is 12.0. The molecule has 0 spiro atoms. The van der Waals surface area contributed by atoms with Crippen LogP contribution in [0.1, 0.15) is 18.4 Å². The lowest BCUT2D eigenvalue weighted by Gasteiger charge is -2.28. The first-order valence-electron chi connectivity index (χ1n) is 6.57. The van der Waals surface area contributed by atoms with Crippen molar-refractivity contribution in [2.24, 2.45) is 5.92 Å². The molecule has 1 aromatic rings. The van der Waals surface area contributed by atoms with Crippen LogP contribution in [0.3, 0.4) is 0 Å². The van der Waals surface area contributed by atoms with E-state index >= 15 is 0 Å². The summed E-state index contributed by atoms with van der Waals surface area (Å²) in [4.78, 5) is 12.4. The van der Waals surface area contributed by atoms with E-state index in [1.54, 1.807) is 12.1 Å². The van der Waals surface area contributed by atoms with Crippen molar-refractivity contribution in [2.75, 3.05) is 19.6 Å². The number of amides is 1. The minimum atomic E-state index is -0.493. The van der Waals surface area contributed by atoms with Crippen LogP contribution in [0.4, 0.5) is 0 Å². The molecule has 2 fully saturated rings. The summed E-state index contributed by atoms with van der Waals surface area (Å²) in [5, 5.41) is 7.42. The topological polar surface area (TPSA) is 41.1 Å². The number of hydrogen-bond acceptors (Lipinski definition) is 2. The van der Waals surface area contributed by atoms with Crippen molar-refractivity contribution in [2.45, 2.75) is 18.3 Å². The highest BCUT2D eigenvalue weighted by atomic mass is 35.5. The van der Waals surface area contributed by atoms with Gasteiger partial charge in [0.1, 0.15) is 0 Å². The van der Waals surface area contributed by atoms with E-state index in [4.69, 9.17) is 23.2 Å². The molecule has 1 aliphatic carbocycles. The van der Waals surface area contributed by atoms with Crippen LogP contribution in [-0.4, -0.2) is 25.5 Å². The molecule has 1 aliphatic heterocycles. The molecule has 19 heavy (non-hydrogen) atoms. The second-order valence-electron chi connectivity index (χ2n) is 5.41. The predicted molar refractivity (Wildman–Crippen MR) is 76.7 cm³/mol. The lowest BCUT2D eigenvalue weighted by molar-refractivity contribution is -0.123. The normalized spacial score (nSPS) is 20.7. The number of carbonyl (C=O) groups excluding carboxylic acids is 1. The molecular weight excluding hydrogens is 283 g/mol. The quantitative estimate of drug-likeness (QED) is 0.896. The Bertz CT molecular complexity index is 490. The maximum atomic E-state index is 12.4. The first-order chi connectivity index (χ1) is 9.13. The highest BCUT2D eigenvalue weighted by molar-refractivity contribution is 6.36. The van der Waals surface area contributed by atoms with Crippen molar-refractivity contribution in [1.29, 1.82) is 0 Å². The summed E-state index contributed by atoms with van der Waals surface area (Å²) in [6.45, 7) is 2.70. The molecule has 1 saturated carbocycles. The smallest absolute Gasteiger partial charge is 0.230 e. The summed E-state index contributed by atoms with van der Waals surface area (Å²) in [6, 6.07) is 5.40. The minimum Gasteiger partial charge on any atom is -0.355 e. The first kappa shape index (κ1) is 13.2. The summed E-state index contributed by atoms with van der Waals surface area (Å²) in [5.74, 6) is 0.621. The third-order valence-corrected chi connectivity index (χ3v) is 4.67. The van der Waals surface area contributed by atoms with E-state index < -0.39 is 5.41 Å². The molecule has 5 heteroatoms. The van der Waals surface area contributed by atoms with Crippen LogP contribution in [0.5, 0.6) is 0 Å². The van der Waals surface area contributed by atoms with Gasteiger partial charge in [-0.15, -0.1) is 0 Å². The molecule has 0 unspecified atom stereocenters. The van der Waals surface area contributed by atoms with E-state index in [0.717, 1.165) is 38.0 Å². The van der Waals surface area contributed by atoms with Gasteiger partial charge in [-0.2, -0.15) is 0 Å². The Kier molecular flexibility index (Phi) is 3.46. The Hall–Kier alpha value is -0.770. The third-order valence-electron chi connectivity index (χ3n) is 4.04. The van der Waals surface area contributed by atoms with Crippen molar-refractivity contribution in [3.63, 3.8) is 0 Å². The van der Waals surface area contributed by atoms with Gasteiger partial charge in [0, 0.05) is 41.2 Å². The summed E-state index contributed by atoms with van der Waals surface area (Å²) >= 11 is 12.4. The Morgan fingerprint density at radius 2 is 1.95 bits per heavy atom. The molecule has 0 atom stereocenters. The average molecular weight is 299 g/mol. The van der Waals surface area contributed by atoms with Gasteiger partial charge in [-0.05, 0) is 25.0 Å². The molecule has 0 bridgehead atoms. The van der Waals surface area contributed by atoms with Gasteiger partial charge in [-0.3, -0.25) is 4.79 Å². The molecule has 2 aliphatic rings. The van der Waals surface area contributed by atoms with E-state index in [2.05, 4.69) is 10.6 Å². The number of rotatable bonds is 4. The number of nitrogens with one attached hydrogen (secondary N) is 2. The largest absolute Gasteiger partial charge is 0.355 e. The maximum Gasteiger partial charge on any atom is 0.230 e. The Morgan fingerprint density at radius 3 is 2.42 bits per heavy atom. The Labute approximate surface area is 122 Å². The van der Waals surface area contributed by atoms with Gasteiger partial charge in [0.25, 0.3) is 0 Å². The monoisotopic (exact) mass is 298 g/mol. The highest BCUT2D eigenvalue weighted by Gasteiger charge is 2.53. The first-order valence-corrected chi connectivity index (χ1v) is 7.32. The molecule has 1 saturated heterocycles. The lowest BCUT2D eigenvalue weighted by Crippen LogP contribution is -2.49. The van der Waals surface area contributed by atoms with Gasteiger partial charge < -0.3 is 10.6 Å². The van der Waals surface area contributed by atoms with Crippen LogP contribution in [0.15, 0.2) is 18.2 Å². The third kappa shape index (κ3) is 2.35. The van der Waals surface area contributed by atoms with E-state index in [9.17, 15) is 4.79 Å². The SMILES string of the molecule is O=C(NCC1CNC1)C1(c2c(Cl)cccc2Cl)CC1. The number of benzene rings is 1. The van der Waals surface area contributed by atoms with Crippen LogP contribution >= 0.6 is 23.2 Å². The average Bonchev–Trinajstić information content (AvgIpc) is 3.08. The highest BCUT2D eigenvalue weighted by Crippen LogP contribution is 2.53. The van der Waals surface area contributed by atoms with Crippen molar-refractivity contribution >= 4 is 29.1 Å². The minimum absolute atomic E-state index is 0.0643. The zero-order valence-electron chi connectivity index (χ0n) is 10.5. The Morgan fingerprint density at radius 1 is 1.32 bits per heavy atom. The van der Waals surface area contributed by atoms with Crippen molar-refractivity contribution in [1.82, 2.24) is 10.6 Å². The van der Waals surface area contributed by atoms with E-state index in [-0.39, 0.29) is 5.91 Å². The van der Waals surface area contributed by atoms with Crippen LogP contribution < -0.4 is 10.6 Å².